The van der Waals surface area contributed by atoms with Crippen LogP contribution in [0.15, 0.2) is 55.2 Å². The highest BCUT2D eigenvalue weighted by Gasteiger charge is 2.11. The number of anilines is 1. The molecule has 0 unspecified atom stereocenters. The van der Waals surface area contributed by atoms with Crippen molar-refractivity contribution in [2.24, 2.45) is 7.05 Å². The van der Waals surface area contributed by atoms with Crippen molar-refractivity contribution >= 4 is 5.95 Å². The molecule has 0 aromatic carbocycles. The summed E-state index contributed by atoms with van der Waals surface area (Å²) in [5.41, 5.74) is 2.52. The highest BCUT2D eigenvalue weighted by atomic mass is 15.4. The number of aryl methyl sites for hydroxylation is 1. The van der Waals surface area contributed by atoms with E-state index >= 15 is 0 Å². The van der Waals surface area contributed by atoms with Gasteiger partial charge < -0.3 is 5.32 Å². The SMILES string of the molecule is C[C@@H](Nc1nccc(-c2cccc(-n3ccnn3)n2)n1)c1cnn(C)c1. The molecule has 9 heteroatoms. The van der Waals surface area contributed by atoms with Crippen LogP contribution in [0.5, 0.6) is 0 Å². The Bertz CT molecular complexity index is 1010. The van der Waals surface area contributed by atoms with Crippen LogP contribution in [0.1, 0.15) is 18.5 Å². The van der Waals surface area contributed by atoms with E-state index in [2.05, 4.69) is 35.7 Å². The van der Waals surface area contributed by atoms with Crippen molar-refractivity contribution in [1.82, 2.24) is 39.7 Å². The van der Waals surface area contributed by atoms with Crippen molar-refractivity contribution in [3.8, 4) is 17.2 Å². The van der Waals surface area contributed by atoms with Crippen molar-refractivity contribution in [1.29, 1.82) is 0 Å². The second-order valence-corrected chi connectivity index (χ2v) is 5.81. The minimum absolute atomic E-state index is 0.0355. The molecule has 4 heterocycles. The van der Waals surface area contributed by atoms with Gasteiger partial charge in [0.1, 0.15) is 0 Å². The van der Waals surface area contributed by atoms with Crippen molar-refractivity contribution in [2.75, 3.05) is 5.32 Å². The normalized spacial score (nSPS) is 12.1. The Morgan fingerprint density at radius 2 is 1.96 bits per heavy atom. The molecule has 0 fully saturated rings. The van der Waals surface area contributed by atoms with E-state index < -0.39 is 0 Å². The first-order valence-corrected chi connectivity index (χ1v) is 8.11. The van der Waals surface area contributed by atoms with Gasteiger partial charge in [-0.05, 0) is 25.1 Å². The van der Waals surface area contributed by atoms with Crippen LogP contribution >= 0.6 is 0 Å². The Kier molecular flexibility index (Phi) is 4.10. The van der Waals surface area contributed by atoms with E-state index in [4.69, 9.17) is 0 Å². The van der Waals surface area contributed by atoms with E-state index in [1.807, 2.05) is 50.6 Å². The van der Waals surface area contributed by atoms with Gasteiger partial charge in [-0.25, -0.2) is 19.6 Å². The van der Waals surface area contributed by atoms with Gasteiger partial charge in [-0.15, -0.1) is 5.10 Å². The number of aromatic nitrogens is 8. The zero-order valence-corrected chi connectivity index (χ0v) is 14.4. The lowest BCUT2D eigenvalue weighted by Crippen LogP contribution is -2.09. The molecule has 0 radical (unpaired) electrons. The van der Waals surface area contributed by atoms with Gasteiger partial charge in [-0.2, -0.15) is 5.10 Å². The Morgan fingerprint density at radius 1 is 1.08 bits per heavy atom. The van der Waals surface area contributed by atoms with E-state index in [1.54, 1.807) is 28.0 Å². The van der Waals surface area contributed by atoms with Crippen molar-refractivity contribution in [3.05, 3.63) is 60.8 Å². The van der Waals surface area contributed by atoms with Crippen molar-refractivity contribution in [3.63, 3.8) is 0 Å². The smallest absolute Gasteiger partial charge is 0.223 e. The van der Waals surface area contributed by atoms with Crippen LogP contribution < -0.4 is 5.32 Å². The third kappa shape index (κ3) is 3.27. The van der Waals surface area contributed by atoms with Crippen LogP contribution in [0.4, 0.5) is 5.95 Å². The van der Waals surface area contributed by atoms with Gasteiger partial charge in [-0.3, -0.25) is 4.68 Å². The molecule has 26 heavy (non-hydrogen) atoms. The minimum Gasteiger partial charge on any atom is -0.348 e. The van der Waals surface area contributed by atoms with Crippen LogP contribution in [0, 0.1) is 0 Å². The summed E-state index contributed by atoms with van der Waals surface area (Å²) in [6.07, 6.45) is 8.86. The Balaban J connectivity index is 1.59. The zero-order valence-electron chi connectivity index (χ0n) is 14.4. The number of rotatable bonds is 5. The molecule has 0 spiro atoms. The molecule has 1 atom stereocenters. The summed E-state index contributed by atoms with van der Waals surface area (Å²) < 4.78 is 3.37. The summed E-state index contributed by atoms with van der Waals surface area (Å²) in [6.45, 7) is 2.04. The third-order valence-corrected chi connectivity index (χ3v) is 3.88. The maximum atomic E-state index is 4.60. The molecule has 9 nitrogen and oxygen atoms in total. The highest BCUT2D eigenvalue weighted by Crippen LogP contribution is 2.20. The van der Waals surface area contributed by atoms with E-state index in [9.17, 15) is 0 Å². The van der Waals surface area contributed by atoms with E-state index in [0.717, 1.165) is 17.0 Å². The van der Waals surface area contributed by atoms with Gasteiger partial charge in [0.05, 0.1) is 36.0 Å². The molecule has 0 aliphatic rings. The first-order chi connectivity index (χ1) is 12.7. The van der Waals surface area contributed by atoms with Gasteiger partial charge in [0, 0.05) is 25.0 Å². The number of pyridine rings is 1. The van der Waals surface area contributed by atoms with Crippen LogP contribution in [0.2, 0.25) is 0 Å². The fourth-order valence-corrected chi connectivity index (χ4v) is 2.54. The third-order valence-electron chi connectivity index (χ3n) is 3.88. The molecule has 0 bridgehead atoms. The molecule has 0 saturated heterocycles. The maximum Gasteiger partial charge on any atom is 0.223 e. The van der Waals surface area contributed by atoms with Crippen LogP contribution in [0.3, 0.4) is 0 Å². The lowest BCUT2D eigenvalue weighted by molar-refractivity contribution is 0.765. The van der Waals surface area contributed by atoms with Crippen molar-refractivity contribution < 1.29 is 0 Å². The fourth-order valence-electron chi connectivity index (χ4n) is 2.54. The highest BCUT2D eigenvalue weighted by molar-refractivity contribution is 5.56. The van der Waals surface area contributed by atoms with Crippen LogP contribution in [-0.4, -0.2) is 39.7 Å². The second kappa shape index (κ2) is 6.71. The second-order valence-electron chi connectivity index (χ2n) is 5.81. The lowest BCUT2D eigenvalue weighted by atomic mass is 10.2. The fraction of sp³-hybridized carbons (Fsp3) is 0.176. The average Bonchev–Trinajstić information content (AvgIpc) is 3.34. The molecule has 4 rings (SSSR count). The van der Waals surface area contributed by atoms with Gasteiger partial charge in [-0.1, -0.05) is 11.3 Å². The quantitative estimate of drug-likeness (QED) is 0.589. The van der Waals surface area contributed by atoms with Crippen molar-refractivity contribution in [2.45, 2.75) is 13.0 Å². The molecule has 0 aliphatic heterocycles. The number of hydrogen-bond acceptors (Lipinski definition) is 7. The molecule has 4 aromatic heterocycles. The number of hydrogen-bond donors (Lipinski definition) is 1. The Morgan fingerprint density at radius 3 is 2.73 bits per heavy atom. The average molecular weight is 347 g/mol. The lowest BCUT2D eigenvalue weighted by Gasteiger charge is -2.12. The van der Waals surface area contributed by atoms with Gasteiger partial charge in [0.15, 0.2) is 5.82 Å². The summed E-state index contributed by atoms with van der Waals surface area (Å²) >= 11 is 0. The van der Waals surface area contributed by atoms with E-state index in [-0.39, 0.29) is 6.04 Å². The topological polar surface area (TPSA) is 99.2 Å². The Hall–Kier alpha value is -3.62. The summed E-state index contributed by atoms with van der Waals surface area (Å²) in [5.74, 6) is 1.21. The summed E-state index contributed by atoms with van der Waals surface area (Å²) in [7, 11) is 1.89. The molecule has 0 aliphatic carbocycles. The largest absolute Gasteiger partial charge is 0.348 e. The van der Waals surface area contributed by atoms with Gasteiger partial charge in [0.25, 0.3) is 0 Å². The molecule has 130 valence electrons. The number of nitrogens with one attached hydrogen (secondary N) is 1. The summed E-state index contributed by atoms with van der Waals surface area (Å²) in [5, 5.41) is 15.3. The zero-order chi connectivity index (χ0) is 17.9. The van der Waals surface area contributed by atoms with Crippen LogP contribution in [0.25, 0.3) is 17.2 Å². The monoisotopic (exact) mass is 347 g/mol. The standard InChI is InChI=1S/C17H17N9/c1-12(13-10-20-25(2)11-13)21-17-18-7-6-15(23-17)14-4-3-5-16(22-14)26-9-8-19-24-26/h3-12H,1-2H3,(H,18,21,23)/t12-/m1/s1. The minimum atomic E-state index is 0.0355. The summed E-state index contributed by atoms with van der Waals surface area (Å²) in [4.78, 5) is 13.5. The first kappa shape index (κ1) is 15.9. The molecule has 0 saturated carbocycles. The van der Waals surface area contributed by atoms with Gasteiger partial charge >= 0.3 is 0 Å². The van der Waals surface area contributed by atoms with Crippen LogP contribution in [-0.2, 0) is 7.05 Å². The van der Waals surface area contributed by atoms with Gasteiger partial charge in [0.2, 0.25) is 5.95 Å². The molecule has 0 amide bonds. The Labute approximate surface area is 149 Å². The predicted octanol–water partition coefficient (Wildman–Crippen LogP) is 2.03. The molecular weight excluding hydrogens is 330 g/mol. The number of nitrogens with zero attached hydrogens (tertiary/aromatic N) is 8. The molecular formula is C17H17N9. The first-order valence-electron chi connectivity index (χ1n) is 8.11. The predicted molar refractivity (Wildman–Crippen MR) is 95.4 cm³/mol. The molecule has 1 N–H and O–H groups in total. The summed E-state index contributed by atoms with van der Waals surface area (Å²) in [6, 6.07) is 7.54. The maximum absolute atomic E-state index is 4.60. The van der Waals surface area contributed by atoms with E-state index in [1.165, 1.54) is 0 Å². The molecule has 4 aromatic rings. The van der Waals surface area contributed by atoms with E-state index in [0.29, 0.717) is 11.8 Å².